The molecule has 0 radical (unpaired) electrons. The van der Waals surface area contributed by atoms with Crippen molar-refractivity contribution in [3.63, 3.8) is 0 Å². The molecule has 0 unspecified atom stereocenters. The summed E-state index contributed by atoms with van der Waals surface area (Å²) in [6.45, 7) is 7.37. The van der Waals surface area contributed by atoms with E-state index in [-0.39, 0.29) is 42.6 Å². The third-order valence-corrected chi connectivity index (χ3v) is 3.68. The average molecular weight is 474 g/mol. The van der Waals surface area contributed by atoms with Gasteiger partial charge in [0.25, 0.3) is 0 Å². The number of ketones is 1. The van der Waals surface area contributed by atoms with E-state index in [1.807, 2.05) is 39.8 Å². The number of carbonyl (C=O) groups excluding carboxylic acids is 1. The lowest BCUT2D eigenvalue weighted by Gasteiger charge is -2.11. The Kier molecular flexibility index (Phi) is 15.3. The number of nitriles is 2. The zero-order valence-corrected chi connectivity index (χ0v) is 19.4. The maximum absolute atomic E-state index is 11.3. The molecule has 11 nitrogen and oxygen atoms in total. The second-order valence-corrected chi connectivity index (χ2v) is 6.91. The summed E-state index contributed by atoms with van der Waals surface area (Å²) in [6, 6.07) is 12.9. The van der Waals surface area contributed by atoms with Crippen LogP contribution in [0.5, 0.6) is 11.5 Å². The van der Waals surface area contributed by atoms with Crippen molar-refractivity contribution in [2.75, 3.05) is 6.54 Å². The number of aromatic carboxylic acids is 1. The Morgan fingerprint density at radius 3 is 1.65 bits per heavy atom. The molecule has 0 heterocycles. The van der Waals surface area contributed by atoms with Gasteiger partial charge in [-0.3, -0.25) is 4.79 Å². The molecule has 0 aliphatic rings. The summed E-state index contributed by atoms with van der Waals surface area (Å²) in [4.78, 5) is 22.0. The van der Waals surface area contributed by atoms with Crippen LogP contribution in [-0.4, -0.2) is 41.1 Å². The topological polar surface area (TPSA) is 226 Å². The number of rotatable bonds is 7. The van der Waals surface area contributed by atoms with Crippen molar-refractivity contribution in [2.45, 2.75) is 39.9 Å². The molecule has 7 N–H and O–H groups in total. The van der Waals surface area contributed by atoms with Crippen LogP contribution < -0.4 is 15.2 Å². The van der Waals surface area contributed by atoms with E-state index in [1.54, 1.807) is 12.1 Å². The summed E-state index contributed by atoms with van der Waals surface area (Å²) in [5.41, 5.74) is 16.4. The number of nitrogens with zero attached hydrogens (tertiary/aromatic N) is 2. The van der Waals surface area contributed by atoms with Gasteiger partial charge in [0.1, 0.15) is 23.6 Å². The Morgan fingerprint density at radius 1 is 0.941 bits per heavy atom. The first-order chi connectivity index (χ1) is 15.6. The first-order valence-electron chi connectivity index (χ1n) is 9.76. The molecule has 2 aromatic carbocycles. The Hall–Kier alpha value is -4.32. The first-order valence-corrected chi connectivity index (χ1v) is 9.76. The van der Waals surface area contributed by atoms with Gasteiger partial charge in [0.2, 0.25) is 0 Å². The van der Waals surface area contributed by atoms with E-state index in [1.165, 1.54) is 24.3 Å². The van der Waals surface area contributed by atoms with Gasteiger partial charge >= 0.3 is 5.97 Å². The molecule has 0 amide bonds. The van der Waals surface area contributed by atoms with E-state index in [0.717, 1.165) is 0 Å². The molecule has 0 saturated carbocycles. The highest BCUT2D eigenvalue weighted by atomic mass is 16.5. The number of carboxylic acids is 1. The van der Waals surface area contributed by atoms with Gasteiger partial charge in [0, 0.05) is 6.99 Å². The van der Waals surface area contributed by atoms with E-state index in [2.05, 4.69) is 0 Å². The monoisotopic (exact) mass is 473 g/mol. The molecule has 11 heteroatoms. The van der Waals surface area contributed by atoms with Crippen LogP contribution in [0, 0.1) is 33.7 Å². The summed E-state index contributed by atoms with van der Waals surface area (Å²) in [5.74, 6) is -0.334. The Bertz CT molecular complexity index is 1050. The van der Waals surface area contributed by atoms with Crippen LogP contribution in [0.2, 0.25) is 0 Å². The normalized spacial score (nSPS) is 9.09. The minimum absolute atomic E-state index is 0. The highest BCUT2D eigenvalue weighted by molar-refractivity contribution is 5.98. The summed E-state index contributed by atoms with van der Waals surface area (Å²) < 4.78 is 10.8. The first kappa shape index (κ1) is 31.9. The standard InChI is InChI=1S/C12H14N2O2.C11H11NO3.H2N2.H2O.H2/c1-8(2)16-12-4-3-9(11(15)7-14)5-10(12)6-13;1-7(2)15-10-4-3-8(11(13)14)5-9(10)6-12;1-2;;/h3-5,8H,7,14H2,1-2H3;3-5,7H,1-2H3,(H,13,14);1-2H;1H2;1H. The molecule has 2 aromatic rings. The van der Waals surface area contributed by atoms with Crippen molar-refractivity contribution in [3.8, 4) is 23.6 Å². The SMILES string of the molecule is CC(C)Oc1ccc(C(=O)CN)cc1C#N.CC(C)Oc1ccc(C(=O)O)cc1C#N.N=N.O.[HH]. The number of nitrogens with one attached hydrogen (secondary N) is 2. The lowest BCUT2D eigenvalue weighted by Crippen LogP contribution is -2.14. The Labute approximate surface area is 199 Å². The molecule has 34 heavy (non-hydrogen) atoms. The summed E-state index contributed by atoms with van der Waals surface area (Å²) in [6.07, 6.45) is -0.0593. The number of nitrogens with two attached hydrogens (primary N) is 1. The lowest BCUT2D eigenvalue weighted by atomic mass is 10.1. The Balaban J connectivity index is -0.000000519. The molecule has 0 aliphatic heterocycles. The zero-order chi connectivity index (χ0) is 25.6. The minimum Gasteiger partial charge on any atom is -0.490 e. The zero-order valence-electron chi connectivity index (χ0n) is 19.4. The van der Waals surface area contributed by atoms with Crippen molar-refractivity contribution >= 4 is 11.8 Å². The van der Waals surface area contributed by atoms with Gasteiger partial charge in [0.15, 0.2) is 5.78 Å². The van der Waals surface area contributed by atoms with Gasteiger partial charge in [0.05, 0.1) is 35.4 Å². The average Bonchev–Trinajstić information content (AvgIpc) is 2.80. The number of Topliss-reactive ketones (excluding diaryl/α,β-unsaturated/α-hetero) is 1. The third kappa shape index (κ3) is 10.3. The second-order valence-electron chi connectivity index (χ2n) is 6.91. The van der Waals surface area contributed by atoms with Crippen molar-refractivity contribution in [2.24, 2.45) is 5.73 Å². The fourth-order valence-corrected chi connectivity index (χ4v) is 2.37. The van der Waals surface area contributed by atoms with Crippen LogP contribution in [0.1, 0.15) is 61.0 Å². The number of hydrogen-bond donors (Lipinski definition) is 4. The number of hydrogen-bond acceptors (Lipinski definition) is 9. The number of carboxylic acid groups (broad SMARTS) is 1. The summed E-state index contributed by atoms with van der Waals surface area (Å²) >= 11 is 0. The molecule has 0 fully saturated rings. The van der Waals surface area contributed by atoms with Gasteiger partial charge in [-0.2, -0.15) is 10.5 Å². The minimum atomic E-state index is -1.05. The molecule has 0 aliphatic carbocycles. The maximum Gasteiger partial charge on any atom is 0.335 e. The molecule has 2 rings (SSSR count). The quantitative estimate of drug-likeness (QED) is 0.342. The predicted octanol–water partition coefficient (Wildman–Crippen LogP) is 3.55. The molecule has 184 valence electrons. The Morgan fingerprint density at radius 2 is 1.32 bits per heavy atom. The maximum atomic E-state index is 11.3. The lowest BCUT2D eigenvalue weighted by molar-refractivity contribution is 0.0696. The van der Waals surface area contributed by atoms with Crippen LogP contribution in [0.4, 0.5) is 0 Å². The highest BCUT2D eigenvalue weighted by Crippen LogP contribution is 2.21. The molecule has 0 bridgehead atoms. The molecular weight excluding hydrogens is 442 g/mol. The van der Waals surface area contributed by atoms with Gasteiger partial charge in [-0.15, -0.1) is 0 Å². The smallest absolute Gasteiger partial charge is 0.335 e. The van der Waals surface area contributed by atoms with Crippen LogP contribution in [0.15, 0.2) is 36.4 Å². The number of benzene rings is 2. The van der Waals surface area contributed by atoms with Crippen LogP contribution in [0.3, 0.4) is 0 Å². The molecule has 0 atom stereocenters. The van der Waals surface area contributed by atoms with E-state index in [4.69, 9.17) is 41.9 Å². The predicted molar refractivity (Wildman–Crippen MR) is 125 cm³/mol. The molecule has 0 aromatic heterocycles. The summed E-state index contributed by atoms with van der Waals surface area (Å²) in [5, 5.41) is 26.5. The van der Waals surface area contributed by atoms with E-state index in [9.17, 15) is 9.59 Å². The largest absolute Gasteiger partial charge is 0.490 e. The summed E-state index contributed by atoms with van der Waals surface area (Å²) in [7, 11) is 0. The highest BCUT2D eigenvalue weighted by Gasteiger charge is 2.11. The van der Waals surface area contributed by atoms with Gasteiger partial charge in [-0.25, -0.2) is 15.9 Å². The molecule has 0 saturated heterocycles. The van der Waals surface area contributed by atoms with Crippen molar-refractivity contribution in [3.05, 3.63) is 58.7 Å². The van der Waals surface area contributed by atoms with Crippen LogP contribution in [0.25, 0.3) is 0 Å². The van der Waals surface area contributed by atoms with E-state index >= 15 is 0 Å². The van der Waals surface area contributed by atoms with Crippen molar-refractivity contribution in [1.82, 2.24) is 0 Å². The van der Waals surface area contributed by atoms with Crippen LogP contribution >= 0.6 is 0 Å². The molecule has 0 spiro atoms. The fourth-order valence-electron chi connectivity index (χ4n) is 2.37. The van der Waals surface area contributed by atoms with E-state index < -0.39 is 5.97 Å². The number of carbonyl (C=O) groups is 2. The van der Waals surface area contributed by atoms with Crippen LogP contribution in [-0.2, 0) is 0 Å². The third-order valence-electron chi connectivity index (χ3n) is 3.68. The second kappa shape index (κ2) is 16.3. The van der Waals surface area contributed by atoms with Gasteiger partial charge in [-0.05, 0) is 64.1 Å². The van der Waals surface area contributed by atoms with E-state index in [0.29, 0.717) is 22.6 Å². The van der Waals surface area contributed by atoms with Gasteiger partial charge in [-0.1, -0.05) is 0 Å². The fraction of sp³-hybridized carbons (Fsp3) is 0.304. The van der Waals surface area contributed by atoms with Gasteiger partial charge < -0.3 is 25.8 Å². The van der Waals surface area contributed by atoms with Crippen molar-refractivity contribution in [1.29, 1.82) is 21.6 Å². The number of ether oxygens (including phenoxy) is 2. The van der Waals surface area contributed by atoms with Crippen molar-refractivity contribution < 1.29 is 31.1 Å². The molecular formula is C23H31N5O6.